The SMILES string of the molecule is FC(F)(F)COc1ccc(OCC(F)(F)F)c(-c2n[nH]c(=S)o2)c1. The molecule has 0 amide bonds. The molecular weight excluding hydrogens is 366 g/mol. The quantitative estimate of drug-likeness (QED) is 0.625. The Bertz CT molecular complexity index is 752. The Morgan fingerprint density at radius 3 is 2.21 bits per heavy atom. The number of aromatic amines is 1. The van der Waals surface area contributed by atoms with E-state index >= 15 is 0 Å². The summed E-state index contributed by atoms with van der Waals surface area (Å²) >= 11 is 4.65. The van der Waals surface area contributed by atoms with E-state index in [-0.39, 0.29) is 27.8 Å². The average molecular weight is 374 g/mol. The van der Waals surface area contributed by atoms with Crippen LogP contribution in [0.1, 0.15) is 0 Å². The van der Waals surface area contributed by atoms with E-state index in [0.29, 0.717) is 0 Å². The lowest BCUT2D eigenvalue weighted by Gasteiger charge is -2.14. The number of benzene rings is 1. The van der Waals surface area contributed by atoms with Gasteiger partial charge in [0.15, 0.2) is 13.2 Å². The summed E-state index contributed by atoms with van der Waals surface area (Å²) < 4.78 is 87.4. The highest BCUT2D eigenvalue weighted by atomic mass is 32.1. The van der Waals surface area contributed by atoms with Gasteiger partial charge in [0.1, 0.15) is 11.5 Å². The van der Waals surface area contributed by atoms with E-state index in [4.69, 9.17) is 4.42 Å². The van der Waals surface area contributed by atoms with Crippen molar-refractivity contribution in [1.82, 2.24) is 10.2 Å². The van der Waals surface area contributed by atoms with Crippen molar-refractivity contribution in [3.05, 3.63) is 23.0 Å². The predicted molar refractivity (Wildman–Crippen MR) is 70.2 cm³/mol. The molecule has 12 heteroatoms. The number of hydrogen-bond acceptors (Lipinski definition) is 5. The van der Waals surface area contributed by atoms with Crippen LogP contribution in [-0.2, 0) is 0 Å². The average Bonchev–Trinajstić information content (AvgIpc) is 2.88. The van der Waals surface area contributed by atoms with Gasteiger partial charge in [0, 0.05) is 0 Å². The van der Waals surface area contributed by atoms with Gasteiger partial charge in [-0.1, -0.05) is 0 Å². The zero-order chi connectivity index (χ0) is 18.0. The molecule has 0 aliphatic carbocycles. The first-order valence-electron chi connectivity index (χ1n) is 6.12. The van der Waals surface area contributed by atoms with E-state index in [1.165, 1.54) is 0 Å². The number of alkyl halides is 6. The number of rotatable bonds is 5. The van der Waals surface area contributed by atoms with Crippen molar-refractivity contribution in [2.45, 2.75) is 12.4 Å². The molecule has 5 nitrogen and oxygen atoms in total. The van der Waals surface area contributed by atoms with Gasteiger partial charge in [-0.25, -0.2) is 5.10 Å². The van der Waals surface area contributed by atoms with Gasteiger partial charge in [0.05, 0.1) is 5.56 Å². The molecule has 1 heterocycles. The van der Waals surface area contributed by atoms with E-state index in [0.717, 1.165) is 18.2 Å². The summed E-state index contributed by atoms with van der Waals surface area (Å²) in [5, 5.41) is 5.85. The van der Waals surface area contributed by atoms with Gasteiger partial charge in [-0.15, -0.1) is 5.10 Å². The number of aromatic nitrogens is 2. The normalized spacial score (nSPS) is 12.2. The molecule has 132 valence electrons. The monoisotopic (exact) mass is 374 g/mol. The van der Waals surface area contributed by atoms with E-state index in [1.54, 1.807) is 0 Å². The Kier molecular flexibility index (Phi) is 5.06. The smallest absolute Gasteiger partial charge is 0.422 e. The Morgan fingerprint density at radius 1 is 1.04 bits per heavy atom. The van der Waals surface area contributed by atoms with Crippen LogP contribution in [0.4, 0.5) is 26.3 Å². The van der Waals surface area contributed by atoms with Gasteiger partial charge >= 0.3 is 12.4 Å². The number of nitrogens with one attached hydrogen (secondary N) is 1. The summed E-state index contributed by atoms with van der Waals surface area (Å²) in [4.78, 5) is -0.173. The highest BCUT2D eigenvalue weighted by molar-refractivity contribution is 7.71. The van der Waals surface area contributed by atoms with E-state index in [2.05, 4.69) is 31.9 Å². The molecule has 0 bridgehead atoms. The molecule has 1 aromatic carbocycles. The predicted octanol–water partition coefficient (Wildman–Crippen LogP) is 4.28. The third kappa shape index (κ3) is 5.44. The third-order valence-corrected chi connectivity index (χ3v) is 2.59. The van der Waals surface area contributed by atoms with Gasteiger partial charge in [-0.2, -0.15) is 26.3 Å². The number of H-pyrrole nitrogens is 1. The maximum absolute atomic E-state index is 12.3. The minimum absolute atomic E-state index is 0.147. The first-order chi connectivity index (χ1) is 11.0. The zero-order valence-corrected chi connectivity index (χ0v) is 12.3. The van der Waals surface area contributed by atoms with Crippen molar-refractivity contribution < 1.29 is 40.2 Å². The second-order valence-corrected chi connectivity index (χ2v) is 4.75. The van der Waals surface area contributed by atoms with Crippen LogP contribution < -0.4 is 9.47 Å². The molecule has 0 aliphatic heterocycles. The van der Waals surface area contributed by atoms with Crippen molar-refractivity contribution in [2.24, 2.45) is 0 Å². The van der Waals surface area contributed by atoms with Gasteiger partial charge in [0.25, 0.3) is 4.84 Å². The fraction of sp³-hybridized carbons (Fsp3) is 0.333. The Morgan fingerprint density at radius 2 is 1.67 bits per heavy atom. The molecule has 0 saturated heterocycles. The summed E-state index contributed by atoms with van der Waals surface area (Å²) in [6, 6.07) is 3.05. The number of hydrogen-bond donors (Lipinski definition) is 1. The van der Waals surface area contributed by atoms with Gasteiger partial charge < -0.3 is 13.9 Å². The fourth-order valence-electron chi connectivity index (χ4n) is 1.56. The molecule has 0 atom stereocenters. The number of halogens is 6. The minimum Gasteiger partial charge on any atom is -0.484 e. The highest BCUT2D eigenvalue weighted by Crippen LogP contribution is 2.34. The van der Waals surface area contributed by atoms with E-state index in [1.807, 2.05) is 0 Å². The lowest BCUT2D eigenvalue weighted by atomic mass is 10.2. The van der Waals surface area contributed by atoms with Crippen LogP contribution in [-0.4, -0.2) is 35.8 Å². The van der Waals surface area contributed by atoms with Crippen LogP contribution in [0, 0.1) is 4.84 Å². The molecule has 24 heavy (non-hydrogen) atoms. The Hall–Kier alpha value is -2.24. The van der Waals surface area contributed by atoms with Crippen molar-refractivity contribution in [2.75, 3.05) is 13.2 Å². The van der Waals surface area contributed by atoms with Gasteiger partial charge in [-0.3, -0.25) is 0 Å². The summed E-state index contributed by atoms with van der Waals surface area (Å²) in [6.45, 7) is -3.17. The summed E-state index contributed by atoms with van der Waals surface area (Å²) in [6.07, 6.45) is -9.18. The molecule has 0 saturated carbocycles. The standard InChI is InChI=1S/C12H8F6N2O3S/c13-11(14,15)4-21-6-1-2-8(22-5-12(16,17)18)7(3-6)9-19-20-10(24)23-9/h1-3H,4-5H2,(H,20,24). The van der Waals surface area contributed by atoms with Crippen molar-refractivity contribution >= 4 is 12.2 Å². The lowest BCUT2D eigenvalue weighted by molar-refractivity contribution is -0.154. The minimum atomic E-state index is -4.60. The highest BCUT2D eigenvalue weighted by Gasteiger charge is 2.30. The first-order valence-corrected chi connectivity index (χ1v) is 6.53. The maximum atomic E-state index is 12.3. The van der Waals surface area contributed by atoms with Crippen LogP contribution in [0.25, 0.3) is 11.5 Å². The fourth-order valence-corrected chi connectivity index (χ4v) is 1.69. The largest absolute Gasteiger partial charge is 0.484 e. The molecule has 0 aliphatic rings. The van der Waals surface area contributed by atoms with Crippen LogP contribution in [0.5, 0.6) is 11.5 Å². The summed E-state index contributed by atoms with van der Waals surface area (Å²) in [5.41, 5.74) is -0.147. The molecule has 2 rings (SSSR count). The third-order valence-electron chi connectivity index (χ3n) is 2.41. The van der Waals surface area contributed by atoms with E-state index in [9.17, 15) is 26.3 Å². The van der Waals surface area contributed by atoms with Gasteiger partial charge in [0.2, 0.25) is 5.89 Å². The van der Waals surface area contributed by atoms with Crippen LogP contribution in [0.2, 0.25) is 0 Å². The van der Waals surface area contributed by atoms with Gasteiger partial charge in [-0.05, 0) is 30.4 Å². The summed E-state index contributed by atoms with van der Waals surface area (Å²) in [5.74, 6) is -0.822. The summed E-state index contributed by atoms with van der Waals surface area (Å²) in [7, 11) is 0. The van der Waals surface area contributed by atoms with Crippen LogP contribution in [0.3, 0.4) is 0 Å². The molecule has 1 N–H and O–H groups in total. The van der Waals surface area contributed by atoms with Crippen molar-refractivity contribution in [3.63, 3.8) is 0 Å². The molecule has 0 unspecified atom stereocenters. The molecule has 0 radical (unpaired) electrons. The van der Waals surface area contributed by atoms with Crippen LogP contribution in [0.15, 0.2) is 22.6 Å². The maximum Gasteiger partial charge on any atom is 0.422 e. The molecule has 0 spiro atoms. The number of ether oxygens (including phenoxy) is 2. The van der Waals surface area contributed by atoms with Crippen molar-refractivity contribution in [1.29, 1.82) is 0 Å². The van der Waals surface area contributed by atoms with E-state index < -0.39 is 25.6 Å². The molecule has 2 aromatic rings. The van der Waals surface area contributed by atoms with Crippen LogP contribution >= 0.6 is 12.2 Å². The molecule has 0 fully saturated rings. The molecular formula is C12H8F6N2O3S. The second-order valence-electron chi connectivity index (χ2n) is 4.38. The zero-order valence-electron chi connectivity index (χ0n) is 11.5. The lowest BCUT2D eigenvalue weighted by Crippen LogP contribution is -2.20. The molecule has 1 aromatic heterocycles. The Balaban J connectivity index is 2.31. The second kappa shape index (κ2) is 6.71. The first kappa shape index (κ1) is 18.1. The topological polar surface area (TPSA) is 60.3 Å². The number of nitrogens with zero attached hydrogens (tertiary/aromatic N) is 1. The Labute approximate surface area is 135 Å². The van der Waals surface area contributed by atoms with Crippen molar-refractivity contribution in [3.8, 4) is 23.0 Å².